The van der Waals surface area contributed by atoms with E-state index < -0.39 is 11.8 Å². The maximum atomic E-state index is 12.5. The van der Waals surface area contributed by atoms with Crippen LogP contribution in [-0.2, 0) is 9.53 Å². The molecule has 2 aromatic rings. The third kappa shape index (κ3) is 8.70. The minimum atomic E-state index is -0.502. The number of halogens is 2. The van der Waals surface area contributed by atoms with E-state index in [1.165, 1.54) is 0 Å². The van der Waals surface area contributed by atoms with Crippen LogP contribution in [0.15, 0.2) is 46.9 Å². The van der Waals surface area contributed by atoms with E-state index in [1.54, 1.807) is 42.5 Å². The Bertz CT molecular complexity index is 931. The van der Waals surface area contributed by atoms with Crippen LogP contribution in [0.1, 0.15) is 17.3 Å². The molecule has 2 amide bonds. The highest BCUT2D eigenvalue weighted by Gasteiger charge is 2.14. The molecule has 8 nitrogen and oxygen atoms in total. The molecule has 11 heteroatoms. The lowest BCUT2D eigenvalue weighted by molar-refractivity contribution is -0.123. The van der Waals surface area contributed by atoms with Gasteiger partial charge in [0.1, 0.15) is 18.1 Å². The second-order valence-electron chi connectivity index (χ2n) is 5.86. The molecule has 0 aliphatic carbocycles. The van der Waals surface area contributed by atoms with Gasteiger partial charge >= 0.3 is 0 Å². The van der Waals surface area contributed by atoms with Crippen LogP contribution in [0.4, 0.5) is 0 Å². The molecule has 0 fully saturated rings. The second-order valence-corrected chi connectivity index (χ2v) is 7.56. The summed E-state index contributed by atoms with van der Waals surface area (Å²) in [5.41, 5.74) is 5.09. The zero-order chi connectivity index (χ0) is 22.6. The number of hydrazine groups is 1. The molecule has 0 aliphatic heterocycles. The zero-order valence-electron chi connectivity index (χ0n) is 16.6. The molecule has 0 saturated carbocycles. The van der Waals surface area contributed by atoms with E-state index in [-0.39, 0.29) is 11.7 Å². The number of thiocarbonyl (C=S) groups is 1. The average Bonchev–Trinajstić information content (AvgIpc) is 2.75. The van der Waals surface area contributed by atoms with E-state index in [9.17, 15) is 9.59 Å². The van der Waals surface area contributed by atoms with Gasteiger partial charge in [-0.3, -0.25) is 25.8 Å². The Balaban J connectivity index is 1.79. The van der Waals surface area contributed by atoms with Crippen molar-refractivity contribution < 1.29 is 23.8 Å². The summed E-state index contributed by atoms with van der Waals surface area (Å²) in [4.78, 5) is 24.4. The smallest absolute Gasteiger partial charge is 0.276 e. The highest BCUT2D eigenvalue weighted by molar-refractivity contribution is 9.10. The van der Waals surface area contributed by atoms with Crippen molar-refractivity contribution in [2.45, 2.75) is 6.92 Å². The van der Waals surface area contributed by atoms with Crippen LogP contribution >= 0.6 is 39.7 Å². The fraction of sp³-hybridized carbons (Fsp3) is 0.250. The Kier molecular flexibility index (Phi) is 10.5. The van der Waals surface area contributed by atoms with Crippen LogP contribution in [0.5, 0.6) is 11.5 Å². The number of rotatable bonds is 9. The summed E-state index contributed by atoms with van der Waals surface area (Å²) >= 11 is 14.2. The summed E-state index contributed by atoms with van der Waals surface area (Å²) in [6.45, 7) is 2.91. The third-order valence-electron chi connectivity index (χ3n) is 3.62. The predicted molar refractivity (Wildman–Crippen MR) is 124 cm³/mol. The molecule has 31 heavy (non-hydrogen) atoms. The van der Waals surface area contributed by atoms with Crippen molar-refractivity contribution in [1.82, 2.24) is 16.2 Å². The molecular weight excluding hydrogens is 510 g/mol. The van der Waals surface area contributed by atoms with Crippen LogP contribution in [0.25, 0.3) is 0 Å². The van der Waals surface area contributed by atoms with Crippen molar-refractivity contribution in [3.05, 3.63) is 57.5 Å². The first-order chi connectivity index (χ1) is 14.9. The Hall–Kier alpha value is -2.40. The van der Waals surface area contributed by atoms with Gasteiger partial charge in [0.05, 0.1) is 16.6 Å². The summed E-state index contributed by atoms with van der Waals surface area (Å²) in [6.07, 6.45) is 0. The fourth-order valence-electron chi connectivity index (χ4n) is 2.23. The lowest BCUT2D eigenvalue weighted by Crippen LogP contribution is -2.49. The monoisotopic (exact) mass is 529 g/mol. The van der Waals surface area contributed by atoms with Crippen molar-refractivity contribution in [1.29, 1.82) is 0 Å². The summed E-state index contributed by atoms with van der Waals surface area (Å²) in [6, 6.07) is 11.6. The SMILES string of the molecule is CCOCCOc1ccccc1C(=O)NC(=S)NNC(=O)COc1ccc(Cl)cc1Br. The zero-order valence-corrected chi connectivity index (χ0v) is 19.7. The van der Waals surface area contributed by atoms with Gasteiger partial charge in [-0.1, -0.05) is 23.7 Å². The first kappa shape index (κ1) is 24.9. The molecule has 0 unspecified atom stereocenters. The van der Waals surface area contributed by atoms with Crippen LogP contribution in [0, 0.1) is 0 Å². The molecule has 0 heterocycles. The van der Waals surface area contributed by atoms with Gasteiger partial charge in [0, 0.05) is 11.6 Å². The van der Waals surface area contributed by atoms with Crippen molar-refractivity contribution in [2.24, 2.45) is 0 Å². The number of hydrogen-bond donors (Lipinski definition) is 3. The molecular formula is C20H21BrClN3O5S. The van der Waals surface area contributed by atoms with Gasteiger partial charge in [-0.15, -0.1) is 0 Å². The fourth-order valence-corrected chi connectivity index (χ4v) is 3.18. The van der Waals surface area contributed by atoms with E-state index >= 15 is 0 Å². The maximum Gasteiger partial charge on any atom is 0.276 e. The molecule has 166 valence electrons. The largest absolute Gasteiger partial charge is 0.490 e. The number of carbonyl (C=O) groups is 2. The summed E-state index contributed by atoms with van der Waals surface area (Å²) in [5.74, 6) is -0.136. The van der Waals surface area contributed by atoms with Gasteiger partial charge in [0.25, 0.3) is 11.8 Å². The number of amides is 2. The number of para-hydroxylation sites is 1. The van der Waals surface area contributed by atoms with Gasteiger partial charge in [-0.2, -0.15) is 0 Å². The molecule has 2 rings (SSSR count). The van der Waals surface area contributed by atoms with E-state index in [0.29, 0.717) is 46.4 Å². The average molecular weight is 531 g/mol. The highest BCUT2D eigenvalue weighted by atomic mass is 79.9. The minimum absolute atomic E-state index is 0.0878. The summed E-state index contributed by atoms with van der Waals surface area (Å²) < 4.78 is 16.8. The Morgan fingerprint density at radius 1 is 1.06 bits per heavy atom. The highest BCUT2D eigenvalue weighted by Crippen LogP contribution is 2.27. The van der Waals surface area contributed by atoms with Crippen LogP contribution in [0.2, 0.25) is 5.02 Å². The van der Waals surface area contributed by atoms with Crippen LogP contribution < -0.4 is 25.6 Å². The molecule has 0 saturated heterocycles. The van der Waals surface area contributed by atoms with E-state index in [4.69, 9.17) is 38.0 Å². The molecule has 0 atom stereocenters. The summed E-state index contributed by atoms with van der Waals surface area (Å²) in [7, 11) is 0. The Morgan fingerprint density at radius 2 is 1.84 bits per heavy atom. The van der Waals surface area contributed by atoms with E-state index in [1.807, 2.05) is 6.92 Å². The molecule has 0 spiro atoms. The van der Waals surface area contributed by atoms with Crippen molar-refractivity contribution in [3.8, 4) is 11.5 Å². The summed E-state index contributed by atoms with van der Waals surface area (Å²) in [5, 5.41) is 2.92. The van der Waals surface area contributed by atoms with Crippen molar-refractivity contribution in [2.75, 3.05) is 26.4 Å². The topological polar surface area (TPSA) is 97.9 Å². The lowest BCUT2D eigenvalue weighted by atomic mass is 10.2. The van der Waals surface area contributed by atoms with Gasteiger partial charge in [-0.25, -0.2) is 0 Å². The minimum Gasteiger partial charge on any atom is -0.490 e. The van der Waals surface area contributed by atoms with Gasteiger partial charge < -0.3 is 14.2 Å². The number of ether oxygens (including phenoxy) is 3. The van der Waals surface area contributed by atoms with Crippen LogP contribution in [0.3, 0.4) is 0 Å². The normalized spacial score (nSPS) is 10.2. The molecule has 2 aromatic carbocycles. The van der Waals surface area contributed by atoms with E-state index in [0.717, 1.165) is 0 Å². The molecule has 0 radical (unpaired) electrons. The van der Waals surface area contributed by atoms with Gasteiger partial charge in [-0.05, 0) is 65.4 Å². The third-order valence-corrected chi connectivity index (χ3v) is 4.68. The Morgan fingerprint density at radius 3 is 2.58 bits per heavy atom. The number of benzene rings is 2. The first-order valence-corrected chi connectivity index (χ1v) is 10.8. The molecule has 0 aliphatic rings. The maximum absolute atomic E-state index is 12.5. The van der Waals surface area contributed by atoms with E-state index in [2.05, 4.69) is 32.1 Å². The first-order valence-electron chi connectivity index (χ1n) is 9.18. The Labute approximate surface area is 198 Å². The molecule has 0 bridgehead atoms. The predicted octanol–water partition coefficient (Wildman–Crippen LogP) is 3.23. The number of nitrogens with one attached hydrogen (secondary N) is 3. The molecule has 3 N–H and O–H groups in total. The molecule has 0 aromatic heterocycles. The quantitative estimate of drug-likeness (QED) is 0.260. The number of carbonyl (C=O) groups excluding carboxylic acids is 2. The van der Waals surface area contributed by atoms with Gasteiger partial charge in [0.2, 0.25) is 0 Å². The van der Waals surface area contributed by atoms with Crippen molar-refractivity contribution >= 4 is 56.7 Å². The van der Waals surface area contributed by atoms with Crippen LogP contribution in [-0.4, -0.2) is 43.4 Å². The van der Waals surface area contributed by atoms with Gasteiger partial charge in [0.15, 0.2) is 11.7 Å². The van der Waals surface area contributed by atoms with Crippen molar-refractivity contribution in [3.63, 3.8) is 0 Å². The standard InChI is InChI=1S/C20H21BrClN3O5S/c1-2-28-9-10-29-16-6-4-3-5-14(16)19(27)23-20(31)25-24-18(26)12-30-17-8-7-13(22)11-15(17)21/h3-8,11H,2,9-10,12H2,1H3,(H,24,26)(H2,23,25,27,31). The lowest BCUT2D eigenvalue weighted by Gasteiger charge is -2.14. The number of hydrogen-bond acceptors (Lipinski definition) is 6. The second kappa shape index (κ2) is 13.1.